The molecule has 2 N–H and O–H groups in total. The third-order valence-corrected chi connectivity index (χ3v) is 5.41. The number of hydrogen-bond donors (Lipinski definition) is 2. The molecule has 0 aromatic carbocycles. The quantitative estimate of drug-likeness (QED) is 0.684. The van der Waals surface area contributed by atoms with E-state index in [1.54, 1.807) is 10.8 Å². The van der Waals surface area contributed by atoms with Gasteiger partial charge >= 0.3 is 6.09 Å². The van der Waals surface area contributed by atoms with Gasteiger partial charge in [-0.1, -0.05) is 0 Å². The van der Waals surface area contributed by atoms with Crippen LogP contribution in [-0.4, -0.2) is 43.3 Å². The number of halogens is 1. The van der Waals surface area contributed by atoms with Crippen LogP contribution in [0.15, 0.2) is 15.6 Å². The molecule has 0 unspecified atom stereocenters. The molecule has 1 aliphatic rings. The molecule has 0 atom stereocenters. The lowest BCUT2D eigenvalue weighted by Crippen LogP contribution is -2.42. The average Bonchev–Trinajstić information content (AvgIpc) is 2.63. The van der Waals surface area contributed by atoms with E-state index in [-0.39, 0.29) is 34.4 Å². The molecule has 0 bridgehead atoms. The molecule has 9 nitrogen and oxygen atoms in total. The predicted octanol–water partition coefficient (Wildman–Crippen LogP) is 3.78. The van der Waals surface area contributed by atoms with E-state index in [1.807, 2.05) is 34.6 Å². The molecular weight excluding hydrogens is 452 g/mol. The topological polar surface area (TPSA) is 111 Å². The fourth-order valence-electron chi connectivity index (χ4n) is 3.56. The molecule has 3 rings (SSSR count). The van der Waals surface area contributed by atoms with Gasteiger partial charge in [-0.25, -0.2) is 14.8 Å². The molecule has 2 aromatic rings. The molecule has 0 spiro atoms. The lowest BCUT2D eigenvalue weighted by molar-refractivity contribution is 0.0492. The fraction of sp³-hybridized carbons (Fsp3) is 0.650. The first-order valence-corrected chi connectivity index (χ1v) is 11.0. The van der Waals surface area contributed by atoms with Gasteiger partial charge in [0.05, 0.1) is 6.20 Å². The van der Waals surface area contributed by atoms with Crippen LogP contribution < -0.4 is 16.2 Å². The lowest BCUT2D eigenvalue weighted by atomic mass is 9.91. The number of aromatic nitrogens is 4. The number of ether oxygens (including phenoxy) is 1. The van der Waals surface area contributed by atoms with Crippen LogP contribution in [-0.2, 0) is 4.74 Å². The molecule has 0 radical (unpaired) electrons. The van der Waals surface area contributed by atoms with E-state index < -0.39 is 5.60 Å². The highest BCUT2D eigenvalue weighted by Crippen LogP contribution is 2.23. The molecule has 10 heteroatoms. The second-order valence-electron chi connectivity index (χ2n) is 8.91. The Bertz CT molecular complexity index is 977. The van der Waals surface area contributed by atoms with E-state index >= 15 is 0 Å². The summed E-state index contributed by atoms with van der Waals surface area (Å²) in [4.78, 5) is 37.6. The minimum Gasteiger partial charge on any atom is -0.444 e. The summed E-state index contributed by atoms with van der Waals surface area (Å²) in [6.07, 6.45) is 4.69. The molecule has 0 saturated heterocycles. The van der Waals surface area contributed by atoms with Crippen molar-refractivity contribution < 1.29 is 9.53 Å². The molecule has 0 aliphatic heterocycles. The zero-order chi connectivity index (χ0) is 22.1. The second kappa shape index (κ2) is 8.87. The minimum absolute atomic E-state index is 0.0589. The number of amides is 1. The highest BCUT2D eigenvalue weighted by Gasteiger charge is 2.25. The van der Waals surface area contributed by atoms with E-state index in [0.29, 0.717) is 17.1 Å². The van der Waals surface area contributed by atoms with Crippen LogP contribution in [0.5, 0.6) is 0 Å². The summed E-state index contributed by atoms with van der Waals surface area (Å²) >= 11 is 3.22. The van der Waals surface area contributed by atoms with Crippen LogP contribution in [0, 0.1) is 0 Å². The van der Waals surface area contributed by atoms with Crippen LogP contribution in [0.25, 0.3) is 11.2 Å². The van der Waals surface area contributed by atoms with Gasteiger partial charge in [0.1, 0.15) is 11.1 Å². The average molecular weight is 481 g/mol. The van der Waals surface area contributed by atoms with E-state index in [0.717, 1.165) is 25.7 Å². The van der Waals surface area contributed by atoms with Gasteiger partial charge in [0.25, 0.3) is 5.56 Å². The number of nitrogens with one attached hydrogen (secondary N) is 2. The zero-order valence-corrected chi connectivity index (χ0v) is 19.6. The van der Waals surface area contributed by atoms with Crippen LogP contribution in [0.3, 0.4) is 0 Å². The first-order chi connectivity index (χ1) is 14.0. The molecule has 1 fully saturated rings. The number of rotatable bonds is 4. The van der Waals surface area contributed by atoms with Crippen molar-refractivity contribution in [3.8, 4) is 0 Å². The van der Waals surface area contributed by atoms with Crippen LogP contribution in [0.2, 0.25) is 0 Å². The molecule has 2 heterocycles. The maximum atomic E-state index is 12.5. The van der Waals surface area contributed by atoms with Gasteiger partial charge in [0.15, 0.2) is 10.3 Å². The number of anilines is 1. The van der Waals surface area contributed by atoms with Crippen molar-refractivity contribution in [2.24, 2.45) is 0 Å². The fourth-order valence-corrected chi connectivity index (χ4v) is 3.94. The molecular formula is C20H29BrN6O3. The number of alkyl carbamates (subject to hydrolysis) is 1. The smallest absolute Gasteiger partial charge is 0.407 e. The second-order valence-corrected chi connectivity index (χ2v) is 9.66. The van der Waals surface area contributed by atoms with Gasteiger partial charge in [-0.05, 0) is 76.2 Å². The SMILES string of the molecule is CC(C)n1c(=O)c(Br)nc2cnc(NC3CCC(NC(=O)OC(C)(C)C)CC3)nc21. The summed E-state index contributed by atoms with van der Waals surface area (Å²) in [5, 5.41) is 6.31. The van der Waals surface area contributed by atoms with Crippen molar-refractivity contribution in [2.45, 2.75) is 84.0 Å². The maximum absolute atomic E-state index is 12.5. The molecule has 1 saturated carbocycles. The standard InChI is InChI=1S/C20H29BrN6O3/c1-11(2)27-16-14(25-15(21)17(27)28)10-22-18(26-16)23-12-6-8-13(9-7-12)24-19(29)30-20(3,4)5/h10-13H,6-9H2,1-5H3,(H,24,29)(H,22,23,26). The van der Waals surface area contributed by atoms with Crippen LogP contribution >= 0.6 is 15.9 Å². The molecule has 30 heavy (non-hydrogen) atoms. The van der Waals surface area contributed by atoms with E-state index in [9.17, 15) is 9.59 Å². The summed E-state index contributed by atoms with van der Waals surface area (Å²) in [5.74, 6) is 0.476. The first-order valence-electron chi connectivity index (χ1n) is 10.2. The van der Waals surface area contributed by atoms with Crippen molar-refractivity contribution >= 4 is 39.1 Å². The third-order valence-electron chi connectivity index (χ3n) is 4.89. The number of carbonyl (C=O) groups is 1. The van der Waals surface area contributed by atoms with Gasteiger partial charge in [-0.2, -0.15) is 4.98 Å². The van der Waals surface area contributed by atoms with E-state index in [1.165, 1.54) is 0 Å². The summed E-state index contributed by atoms with van der Waals surface area (Å²) in [6, 6.07) is 0.237. The van der Waals surface area contributed by atoms with E-state index in [2.05, 4.69) is 41.5 Å². The van der Waals surface area contributed by atoms with Gasteiger partial charge in [-0.3, -0.25) is 9.36 Å². The summed E-state index contributed by atoms with van der Waals surface area (Å²) in [5.41, 5.74) is 0.357. The number of nitrogens with zero attached hydrogens (tertiary/aromatic N) is 4. The van der Waals surface area contributed by atoms with Crippen molar-refractivity contribution in [3.05, 3.63) is 21.2 Å². The van der Waals surface area contributed by atoms with Crippen molar-refractivity contribution in [2.75, 3.05) is 5.32 Å². The Morgan fingerprint density at radius 3 is 2.43 bits per heavy atom. The Balaban J connectivity index is 1.65. The van der Waals surface area contributed by atoms with Crippen molar-refractivity contribution in [3.63, 3.8) is 0 Å². The zero-order valence-electron chi connectivity index (χ0n) is 18.0. The largest absolute Gasteiger partial charge is 0.444 e. The van der Waals surface area contributed by atoms with Crippen LogP contribution in [0.1, 0.15) is 66.3 Å². The van der Waals surface area contributed by atoms with Crippen molar-refractivity contribution in [1.82, 2.24) is 24.8 Å². The summed E-state index contributed by atoms with van der Waals surface area (Å²) in [7, 11) is 0. The molecule has 1 aliphatic carbocycles. The van der Waals surface area contributed by atoms with E-state index in [4.69, 9.17) is 4.74 Å². The van der Waals surface area contributed by atoms with Gasteiger partial charge in [-0.15, -0.1) is 0 Å². The molecule has 1 amide bonds. The Labute approximate surface area is 184 Å². The minimum atomic E-state index is -0.502. The highest BCUT2D eigenvalue weighted by atomic mass is 79.9. The monoisotopic (exact) mass is 480 g/mol. The highest BCUT2D eigenvalue weighted by molar-refractivity contribution is 9.10. The maximum Gasteiger partial charge on any atom is 0.407 e. The Morgan fingerprint density at radius 2 is 1.83 bits per heavy atom. The predicted molar refractivity (Wildman–Crippen MR) is 119 cm³/mol. The van der Waals surface area contributed by atoms with Crippen molar-refractivity contribution in [1.29, 1.82) is 0 Å². The van der Waals surface area contributed by atoms with Gasteiger partial charge in [0, 0.05) is 18.1 Å². The first kappa shape index (κ1) is 22.5. The summed E-state index contributed by atoms with van der Waals surface area (Å²) < 4.78 is 7.20. The number of hydrogen-bond acceptors (Lipinski definition) is 7. The Kier molecular flexibility index (Phi) is 6.64. The van der Waals surface area contributed by atoms with Gasteiger partial charge in [0.2, 0.25) is 5.95 Å². The van der Waals surface area contributed by atoms with Crippen LogP contribution in [0.4, 0.5) is 10.7 Å². The number of carbonyl (C=O) groups excluding carboxylic acids is 1. The number of fused-ring (bicyclic) bond motifs is 1. The Morgan fingerprint density at radius 1 is 1.20 bits per heavy atom. The summed E-state index contributed by atoms with van der Waals surface area (Å²) in [6.45, 7) is 9.42. The molecule has 164 valence electrons. The lowest BCUT2D eigenvalue weighted by Gasteiger charge is -2.30. The molecule has 2 aromatic heterocycles. The third kappa shape index (κ3) is 5.47. The normalized spacial score (nSPS) is 19.7. The Hall–Kier alpha value is -2.23. The van der Waals surface area contributed by atoms with Gasteiger partial charge < -0.3 is 15.4 Å².